The van der Waals surface area contributed by atoms with Gasteiger partial charge in [-0.05, 0) is 18.8 Å². The van der Waals surface area contributed by atoms with E-state index in [0.29, 0.717) is 25.9 Å². The van der Waals surface area contributed by atoms with Gasteiger partial charge in [-0.3, -0.25) is 0 Å². The molecule has 2 atom stereocenters. The zero-order valence-electron chi connectivity index (χ0n) is 8.08. The summed E-state index contributed by atoms with van der Waals surface area (Å²) in [5.74, 6) is 0.816. The molecule has 0 aromatic heterocycles. The Morgan fingerprint density at radius 3 is 2.29 bits per heavy atom. The molecule has 2 aliphatic heterocycles. The van der Waals surface area contributed by atoms with E-state index in [9.17, 15) is 12.8 Å². The molecule has 0 aromatic rings. The van der Waals surface area contributed by atoms with E-state index in [1.165, 1.54) is 0 Å². The average molecular weight is 221 g/mol. The standard InChI is InChI=1S/C9H16FNO2S/c10-9-6-11-5-8(9)7-1-3-14(12,13)4-2-7/h7-9,11H,1-6H2. The second kappa shape index (κ2) is 3.77. The molecular weight excluding hydrogens is 205 g/mol. The van der Waals surface area contributed by atoms with Crippen LogP contribution in [0.2, 0.25) is 0 Å². The largest absolute Gasteiger partial charge is 0.313 e. The molecule has 14 heavy (non-hydrogen) atoms. The zero-order chi connectivity index (χ0) is 10.2. The van der Waals surface area contributed by atoms with Gasteiger partial charge in [0, 0.05) is 19.0 Å². The molecule has 0 amide bonds. The van der Waals surface area contributed by atoms with Crippen molar-refractivity contribution in [3.8, 4) is 0 Å². The average Bonchev–Trinajstić information content (AvgIpc) is 2.52. The highest BCUT2D eigenvalue weighted by atomic mass is 32.2. The van der Waals surface area contributed by atoms with Crippen LogP contribution in [0.1, 0.15) is 12.8 Å². The van der Waals surface area contributed by atoms with Crippen molar-refractivity contribution in [3.63, 3.8) is 0 Å². The molecule has 1 N–H and O–H groups in total. The first-order valence-corrected chi connectivity index (χ1v) is 6.96. The van der Waals surface area contributed by atoms with Crippen LogP contribution in [-0.2, 0) is 9.84 Å². The van der Waals surface area contributed by atoms with Crippen LogP contribution in [0.15, 0.2) is 0 Å². The first-order chi connectivity index (χ1) is 6.58. The van der Waals surface area contributed by atoms with Gasteiger partial charge < -0.3 is 5.32 Å². The van der Waals surface area contributed by atoms with E-state index in [0.717, 1.165) is 0 Å². The predicted molar refractivity (Wildman–Crippen MR) is 52.6 cm³/mol. The fourth-order valence-corrected chi connectivity index (χ4v) is 3.99. The van der Waals surface area contributed by atoms with Crippen molar-refractivity contribution in [1.29, 1.82) is 0 Å². The van der Waals surface area contributed by atoms with Crippen LogP contribution in [0.5, 0.6) is 0 Å². The van der Waals surface area contributed by atoms with Crippen molar-refractivity contribution >= 4 is 9.84 Å². The quantitative estimate of drug-likeness (QED) is 0.696. The number of alkyl halides is 1. The van der Waals surface area contributed by atoms with E-state index in [1.54, 1.807) is 0 Å². The number of halogens is 1. The van der Waals surface area contributed by atoms with Gasteiger partial charge in [0.05, 0.1) is 11.5 Å². The molecule has 3 nitrogen and oxygen atoms in total. The lowest BCUT2D eigenvalue weighted by Crippen LogP contribution is -2.32. The highest BCUT2D eigenvalue weighted by molar-refractivity contribution is 7.91. The van der Waals surface area contributed by atoms with E-state index in [-0.39, 0.29) is 23.3 Å². The predicted octanol–water partition coefficient (Wildman–Crippen LogP) is 0.369. The second-order valence-electron chi connectivity index (χ2n) is 4.33. The Bertz CT molecular complexity index is 290. The lowest BCUT2D eigenvalue weighted by molar-refractivity contribution is 0.203. The highest BCUT2D eigenvalue weighted by Gasteiger charge is 2.36. The Labute approximate surface area is 84.0 Å². The summed E-state index contributed by atoms with van der Waals surface area (Å²) < 4.78 is 35.7. The normalized spacial score (nSPS) is 38.6. The van der Waals surface area contributed by atoms with Crippen molar-refractivity contribution in [2.45, 2.75) is 19.0 Å². The van der Waals surface area contributed by atoms with Crippen LogP contribution < -0.4 is 5.32 Å². The maximum atomic E-state index is 13.4. The summed E-state index contributed by atoms with van der Waals surface area (Å²) in [6, 6.07) is 0. The maximum Gasteiger partial charge on any atom is 0.150 e. The summed E-state index contributed by atoms with van der Waals surface area (Å²) in [5, 5.41) is 3.02. The SMILES string of the molecule is O=S1(=O)CCC(C2CNCC2F)CC1. The number of hydrogen-bond donors (Lipinski definition) is 1. The van der Waals surface area contributed by atoms with Gasteiger partial charge in [-0.1, -0.05) is 0 Å². The molecule has 0 spiro atoms. The molecule has 2 saturated heterocycles. The smallest absolute Gasteiger partial charge is 0.150 e. The minimum Gasteiger partial charge on any atom is -0.313 e. The van der Waals surface area contributed by atoms with E-state index in [2.05, 4.69) is 5.32 Å². The molecule has 0 bridgehead atoms. The van der Waals surface area contributed by atoms with Gasteiger partial charge in [0.2, 0.25) is 0 Å². The van der Waals surface area contributed by atoms with Gasteiger partial charge in [-0.25, -0.2) is 12.8 Å². The number of rotatable bonds is 1. The van der Waals surface area contributed by atoms with Gasteiger partial charge >= 0.3 is 0 Å². The van der Waals surface area contributed by atoms with Gasteiger partial charge in [-0.2, -0.15) is 0 Å². The molecule has 0 radical (unpaired) electrons. The maximum absolute atomic E-state index is 13.4. The molecule has 2 rings (SSSR count). The number of hydrogen-bond acceptors (Lipinski definition) is 3. The Morgan fingerprint density at radius 2 is 1.79 bits per heavy atom. The van der Waals surface area contributed by atoms with Crippen molar-refractivity contribution < 1.29 is 12.8 Å². The van der Waals surface area contributed by atoms with E-state index in [4.69, 9.17) is 0 Å². The summed E-state index contributed by atoms with van der Waals surface area (Å²) in [6.07, 6.45) is 0.519. The minimum atomic E-state index is -2.81. The second-order valence-corrected chi connectivity index (χ2v) is 6.63. The van der Waals surface area contributed by atoms with E-state index < -0.39 is 16.0 Å². The summed E-state index contributed by atoms with van der Waals surface area (Å²) in [5.41, 5.74) is 0. The molecule has 0 saturated carbocycles. The Hall–Kier alpha value is -0.160. The van der Waals surface area contributed by atoms with Gasteiger partial charge in [0.1, 0.15) is 16.0 Å². The van der Waals surface area contributed by atoms with Crippen LogP contribution in [0.25, 0.3) is 0 Å². The molecule has 0 aliphatic carbocycles. The van der Waals surface area contributed by atoms with Gasteiger partial charge in [-0.15, -0.1) is 0 Å². The number of sulfone groups is 1. The molecule has 82 valence electrons. The van der Waals surface area contributed by atoms with Crippen molar-refractivity contribution in [2.75, 3.05) is 24.6 Å². The Morgan fingerprint density at radius 1 is 1.14 bits per heavy atom. The summed E-state index contributed by atoms with van der Waals surface area (Å²) in [6.45, 7) is 1.15. The molecule has 0 aromatic carbocycles. The monoisotopic (exact) mass is 221 g/mol. The topological polar surface area (TPSA) is 46.2 Å². The molecule has 2 heterocycles. The fourth-order valence-electron chi connectivity index (χ4n) is 2.47. The van der Waals surface area contributed by atoms with Crippen molar-refractivity contribution in [3.05, 3.63) is 0 Å². The molecular formula is C9H16FNO2S. The first-order valence-electron chi connectivity index (χ1n) is 5.14. The fraction of sp³-hybridized carbons (Fsp3) is 1.00. The van der Waals surface area contributed by atoms with Crippen LogP contribution in [0, 0.1) is 11.8 Å². The minimum absolute atomic E-state index is 0.0468. The number of nitrogens with one attached hydrogen (secondary N) is 1. The van der Waals surface area contributed by atoms with Gasteiger partial charge in [0.25, 0.3) is 0 Å². The zero-order valence-corrected chi connectivity index (χ0v) is 8.89. The lowest BCUT2D eigenvalue weighted by Gasteiger charge is -2.27. The van der Waals surface area contributed by atoms with Crippen LogP contribution in [-0.4, -0.2) is 39.2 Å². The van der Waals surface area contributed by atoms with Gasteiger partial charge in [0.15, 0.2) is 0 Å². The third kappa shape index (κ3) is 2.08. The van der Waals surface area contributed by atoms with E-state index in [1.807, 2.05) is 0 Å². The third-order valence-electron chi connectivity index (χ3n) is 3.39. The van der Waals surface area contributed by atoms with E-state index >= 15 is 0 Å². The molecule has 5 heteroatoms. The molecule has 2 fully saturated rings. The van der Waals surface area contributed by atoms with Crippen LogP contribution in [0.3, 0.4) is 0 Å². The lowest BCUT2D eigenvalue weighted by atomic mass is 9.86. The molecule has 2 aliphatic rings. The Kier molecular flexibility index (Phi) is 2.79. The highest BCUT2D eigenvalue weighted by Crippen LogP contribution is 2.31. The van der Waals surface area contributed by atoms with Crippen molar-refractivity contribution in [1.82, 2.24) is 5.32 Å². The third-order valence-corrected chi connectivity index (χ3v) is 5.10. The van der Waals surface area contributed by atoms with Crippen LogP contribution >= 0.6 is 0 Å². The molecule has 2 unspecified atom stereocenters. The Balaban J connectivity index is 1.95. The summed E-state index contributed by atoms with van der Waals surface area (Å²) in [7, 11) is -2.81. The summed E-state index contributed by atoms with van der Waals surface area (Å²) >= 11 is 0. The first kappa shape index (κ1) is 10.4. The van der Waals surface area contributed by atoms with Crippen LogP contribution in [0.4, 0.5) is 4.39 Å². The summed E-state index contributed by atoms with van der Waals surface area (Å²) in [4.78, 5) is 0. The van der Waals surface area contributed by atoms with Crippen molar-refractivity contribution in [2.24, 2.45) is 11.8 Å².